The van der Waals surface area contributed by atoms with Gasteiger partial charge in [-0.1, -0.05) is 30.3 Å². The number of carbonyl (C=O) groups excluding carboxylic acids is 1. The van der Waals surface area contributed by atoms with Gasteiger partial charge in [0.2, 0.25) is 5.91 Å². The molecule has 2 aromatic rings. The molecule has 0 aliphatic carbocycles. The topological polar surface area (TPSA) is 43.1 Å². The minimum atomic E-state index is -0.296. The van der Waals surface area contributed by atoms with Crippen molar-refractivity contribution < 1.29 is 4.79 Å². The van der Waals surface area contributed by atoms with Crippen molar-refractivity contribution in [3.63, 3.8) is 0 Å². The van der Waals surface area contributed by atoms with Gasteiger partial charge in [-0.15, -0.1) is 0 Å². The fraction of sp³-hybridized carbons (Fsp3) is 0.214. The lowest BCUT2D eigenvalue weighted by Crippen LogP contribution is -2.18. The van der Waals surface area contributed by atoms with Gasteiger partial charge < -0.3 is 5.73 Å². The van der Waals surface area contributed by atoms with Crippen molar-refractivity contribution in [3.05, 3.63) is 45.9 Å². The second kappa shape index (κ2) is 4.49. The van der Waals surface area contributed by atoms with Gasteiger partial charge in [0.05, 0.1) is 5.92 Å². The Morgan fingerprint density at radius 3 is 2.65 bits per heavy atom. The Hall–Kier alpha value is -1.35. The van der Waals surface area contributed by atoms with E-state index in [4.69, 9.17) is 5.73 Å². The fourth-order valence-electron chi connectivity index (χ4n) is 1.85. The van der Waals surface area contributed by atoms with E-state index in [9.17, 15) is 4.79 Å². The van der Waals surface area contributed by atoms with Crippen LogP contribution in [0, 0.1) is 6.92 Å². The predicted molar refractivity (Wildman–Crippen MR) is 74.0 cm³/mol. The van der Waals surface area contributed by atoms with Gasteiger partial charge in [0.1, 0.15) is 0 Å². The molecule has 0 heterocycles. The van der Waals surface area contributed by atoms with Crippen molar-refractivity contribution in [2.75, 3.05) is 0 Å². The summed E-state index contributed by atoms with van der Waals surface area (Å²) in [5.41, 5.74) is 7.48. The maximum atomic E-state index is 11.2. The molecule has 0 aromatic heterocycles. The fourth-order valence-corrected chi connectivity index (χ4v) is 2.35. The maximum Gasteiger partial charge on any atom is 0.224 e. The van der Waals surface area contributed by atoms with Crippen molar-refractivity contribution in [1.29, 1.82) is 0 Å². The summed E-state index contributed by atoms with van der Waals surface area (Å²) in [4.78, 5) is 11.2. The third kappa shape index (κ3) is 2.20. The summed E-state index contributed by atoms with van der Waals surface area (Å²) in [5.74, 6) is -0.546. The molecule has 2 N–H and O–H groups in total. The number of benzene rings is 2. The number of fused-ring (bicyclic) bond motifs is 1. The summed E-state index contributed by atoms with van der Waals surface area (Å²) >= 11 is 3.58. The van der Waals surface area contributed by atoms with Crippen LogP contribution in [-0.2, 0) is 4.79 Å². The maximum absolute atomic E-state index is 11.2. The minimum absolute atomic E-state index is 0.250. The van der Waals surface area contributed by atoms with E-state index in [1.807, 2.05) is 25.1 Å². The molecule has 0 aliphatic rings. The van der Waals surface area contributed by atoms with Crippen LogP contribution >= 0.6 is 15.9 Å². The van der Waals surface area contributed by atoms with Gasteiger partial charge in [0.15, 0.2) is 0 Å². The summed E-state index contributed by atoms with van der Waals surface area (Å²) in [6, 6.07) is 10.1. The highest BCUT2D eigenvalue weighted by atomic mass is 79.9. The van der Waals surface area contributed by atoms with Crippen LogP contribution in [0.2, 0.25) is 0 Å². The van der Waals surface area contributed by atoms with Crippen LogP contribution in [0.15, 0.2) is 34.8 Å². The van der Waals surface area contributed by atoms with Crippen molar-refractivity contribution in [1.82, 2.24) is 0 Å². The molecule has 1 amide bonds. The quantitative estimate of drug-likeness (QED) is 0.904. The zero-order valence-corrected chi connectivity index (χ0v) is 11.4. The molecule has 17 heavy (non-hydrogen) atoms. The molecule has 2 rings (SSSR count). The van der Waals surface area contributed by atoms with Crippen molar-refractivity contribution >= 4 is 32.6 Å². The summed E-state index contributed by atoms with van der Waals surface area (Å²) in [7, 11) is 0. The van der Waals surface area contributed by atoms with E-state index in [0.717, 1.165) is 20.8 Å². The number of hydrogen-bond acceptors (Lipinski definition) is 1. The summed E-state index contributed by atoms with van der Waals surface area (Å²) in [6.07, 6.45) is 0. The van der Waals surface area contributed by atoms with Gasteiger partial charge in [-0.25, -0.2) is 0 Å². The molecule has 2 aromatic carbocycles. The van der Waals surface area contributed by atoms with Crippen molar-refractivity contribution in [2.45, 2.75) is 19.8 Å². The van der Waals surface area contributed by atoms with Crippen LogP contribution in [-0.4, -0.2) is 5.91 Å². The predicted octanol–water partition coefficient (Wildman–Crippen LogP) is 3.50. The number of hydrogen-bond donors (Lipinski definition) is 1. The Morgan fingerprint density at radius 1 is 1.29 bits per heavy atom. The molecule has 3 heteroatoms. The summed E-state index contributed by atoms with van der Waals surface area (Å²) in [6.45, 7) is 3.89. The van der Waals surface area contributed by atoms with E-state index in [1.54, 1.807) is 0 Å². The Labute approximate surface area is 109 Å². The lowest BCUT2D eigenvalue weighted by molar-refractivity contribution is -0.119. The second-order valence-electron chi connectivity index (χ2n) is 4.30. The zero-order chi connectivity index (χ0) is 12.6. The van der Waals surface area contributed by atoms with Crippen LogP contribution < -0.4 is 5.73 Å². The number of carbonyl (C=O) groups is 1. The highest BCUT2D eigenvalue weighted by Crippen LogP contribution is 2.29. The van der Waals surface area contributed by atoms with Crippen LogP contribution in [0.1, 0.15) is 24.0 Å². The Bertz CT molecular complexity index is 592. The molecule has 88 valence electrons. The van der Waals surface area contributed by atoms with Gasteiger partial charge in [-0.2, -0.15) is 0 Å². The molecular formula is C14H14BrNO. The zero-order valence-electron chi connectivity index (χ0n) is 9.83. The highest BCUT2D eigenvalue weighted by molar-refractivity contribution is 9.10. The standard InChI is InChI=1S/C14H14BrNO/c1-8-3-4-11-7-10(9(2)14(16)17)5-6-12(11)13(8)15/h3-7,9H,1-2H3,(H2,16,17). The van der Waals surface area contributed by atoms with Gasteiger partial charge in [-0.3, -0.25) is 4.79 Å². The Kier molecular flexibility index (Phi) is 3.20. The van der Waals surface area contributed by atoms with Crippen molar-refractivity contribution in [2.24, 2.45) is 5.73 Å². The van der Waals surface area contributed by atoms with Gasteiger partial charge in [0, 0.05) is 4.47 Å². The molecule has 0 fully saturated rings. The number of halogens is 1. The smallest absolute Gasteiger partial charge is 0.224 e. The first-order chi connectivity index (χ1) is 8.00. The highest BCUT2D eigenvalue weighted by Gasteiger charge is 2.12. The largest absolute Gasteiger partial charge is 0.369 e. The van der Waals surface area contributed by atoms with E-state index < -0.39 is 0 Å². The van der Waals surface area contributed by atoms with Crippen LogP contribution in [0.4, 0.5) is 0 Å². The van der Waals surface area contributed by atoms with Crippen LogP contribution in [0.5, 0.6) is 0 Å². The average molecular weight is 292 g/mol. The first kappa shape index (κ1) is 12.1. The third-order valence-corrected chi connectivity index (χ3v) is 4.15. The van der Waals surface area contributed by atoms with Crippen LogP contribution in [0.25, 0.3) is 10.8 Å². The number of nitrogens with two attached hydrogens (primary N) is 1. The first-order valence-electron chi connectivity index (χ1n) is 5.49. The third-order valence-electron chi connectivity index (χ3n) is 3.10. The second-order valence-corrected chi connectivity index (χ2v) is 5.09. The number of primary amides is 1. The molecule has 0 spiro atoms. The summed E-state index contributed by atoms with van der Waals surface area (Å²) < 4.78 is 1.10. The monoisotopic (exact) mass is 291 g/mol. The molecular weight excluding hydrogens is 278 g/mol. The van der Waals surface area contributed by atoms with Crippen LogP contribution in [0.3, 0.4) is 0 Å². The first-order valence-corrected chi connectivity index (χ1v) is 6.28. The van der Waals surface area contributed by atoms with Gasteiger partial charge in [0.25, 0.3) is 0 Å². The molecule has 0 saturated carbocycles. The molecule has 2 nitrogen and oxygen atoms in total. The Balaban J connectivity index is 2.60. The van der Waals surface area contributed by atoms with E-state index in [2.05, 4.69) is 35.0 Å². The number of rotatable bonds is 2. The lowest BCUT2D eigenvalue weighted by atomic mass is 9.97. The van der Waals surface area contributed by atoms with Crippen molar-refractivity contribution in [3.8, 4) is 0 Å². The van der Waals surface area contributed by atoms with E-state index >= 15 is 0 Å². The number of aryl methyl sites for hydroxylation is 1. The van der Waals surface area contributed by atoms with Gasteiger partial charge in [-0.05, 0) is 51.7 Å². The molecule has 0 bridgehead atoms. The van der Waals surface area contributed by atoms with E-state index in [1.165, 1.54) is 5.56 Å². The molecule has 1 atom stereocenters. The molecule has 0 radical (unpaired) electrons. The normalized spacial score (nSPS) is 12.6. The van der Waals surface area contributed by atoms with E-state index in [0.29, 0.717) is 0 Å². The Morgan fingerprint density at radius 2 is 2.00 bits per heavy atom. The molecule has 1 unspecified atom stereocenters. The van der Waals surface area contributed by atoms with Gasteiger partial charge >= 0.3 is 0 Å². The SMILES string of the molecule is Cc1ccc2cc(C(C)C(N)=O)ccc2c1Br. The molecule has 0 saturated heterocycles. The average Bonchev–Trinajstić information content (AvgIpc) is 2.32. The summed E-state index contributed by atoms with van der Waals surface area (Å²) in [5, 5.41) is 2.28. The lowest BCUT2D eigenvalue weighted by Gasteiger charge is -2.10. The minimum Gasteiger partial charge on any atom is -0.369 e. The number of amides is 1. The molecule has 0 aliphatic heterocycles. The van der Waals surface area contributed by atoms with E-state index in [-0.39, 0.29) is 11.8 Å².